The summed E-state index contributed by atoms with van der Waals surface area (Å²) < 4.78 is 7.62. The molecule has 13 heteroatoms. The molecule has 4 nitrogen and oxygen atoms in total. The maximum absolute atomic E-state index is 5.43. The summed E-state index contributed by atoms with van der Waals surface area (Å²) in [5.74, 6) is 0. The van der Waals surface area contributed by atoms with Gasteiger partial charge in [0.25, 0.3) is 0 Å². The van der Waals surface area contributed by atoms with Crippen LogP contribution >= 0.6 is 94.1 Å². The number of nitrogens with zero attached hydrogens (tertiary/aromatic N) is 4. The van der Waals surface area contributed by atoms with Gasteiger partial charge in [-0.05, 0) is 120 Å². The van der Waals surface area contributed by atoms with Crippen molar-refractivity contribution in [3.63, 3.8) is 0 Å². The van der Waals surface area contributed by atoms with E-state index < -0.39 is 0 Å². The Morgan fingerprint density at radius 3 is 0.909 bits per heavy atom. The number of hydrogen-bond acceptors (Lipinski definition) is 8. The molecule has 55 heavy (non-hydrogen) atoms. The molecule has 277 valence electrons. The predicted molar refractivity (Wildman–Crippen MR) is 252 cm³/mol. The van der Waals surface area contributed by atoms with Crippen LogP contribution in [0.25, 0.3) is 74.9 Å². The van der Waals surface area contributed by atoms with Crippen molar-refractivity contribution in [1.82, 2.24) is 19.9 Å². The summed E-state index contributed by atoms with van der Waals surface area (Å²) in [5, 5.41) is 2.09. The second kappa shape index (κ2) is 17.2. The average molecular weight is 911 g/mol. The predicted octanol–water partition coefficient (Wildman–Crippen LogP) is 11.9. The van der Waals surface area contributed by atoms with E-state index in [4.69, 9.17) is 19.9 Å². The van der Waals surface area contributed by atoms with Gasteiger partial charge >= 0.3 is 17.1 Å². The van der Waals surface area contributed by atoms with Crippen molar-refractivity contribution in [1.29, 1.82) is 0 Å². The fourth-order valence-electron chi connectivity index (χ4n) is 6.56. The molecule has 2 aromatic carbocycles. The molecular formula is C42H30CuN4S8. The van der Waals surface area contributed by atoms with Crippen LogP contribution < -0.4 is 30.4 Å². The molecular weight excluding hydrogens is 881 g/mol. The van der Waals surface area contributed by atoms with E-state index in [1.54, 1.807) is 47.0 Å². The van der Waals surface area contributed by atoms with E-state index in [-0.39, 0.29) is 17.1 Å². The van der Waals surface area contributed by atoms with Gasteiger partial charge in [-0.25, -0.2) is 0 Å². The van der Waals surface area contributed by atoms with Crippen LogP contribution in [-0.4, -0.2) is 25.0 Å². The van der Waals surface area contributed by atoms with Gasteiger partial charge in [0.1, 0.15) is 0 Å². The van der Waals surface area contributed by atoms with Crippen LogP contribution in [-0.2, 0) is 17.1 Å². The summed E-state index contributed by atoms with van der Waals surface area (Å²) in [7, 11) is 0. The van der Waals surface area contributed by atoms with E-state index in [0.717, 1.165) is 76.8 Å². The number of rotatable bonds is 6. The zero-order valence-electron chi connectivity index (χ0n) is 29.7. The maximum Gasteiger partial charge on any atom is 2.00 e. The Morgan fingerprint density at radius 2 is 0.655 bits per heavy atom. The maximum atomic E-state index is 5.43. The molecule has 8 bridgehead atoms. The van der Waals surface area contributed by atoms with Crippen molar-refractivity contribution in [2.75, 3.05) is 25.0 Å². The minimum absolute atomic E-state index is 0. The zero-order valence-corrected chi connectivity index (χ0v) is 37.2. The number of fused-ring (bicyclic) bond motifs is 8. The largest absolute Gasteiger partial charge is 2.00 e. The molecule has 5 aromatic heterocycles. The van der Waals surface area contributed by atoms with Crippen molar-refractivity contribution in [3.05, 3.63) is 137 Å². The van der Waals surface area contributed by atoms with Gasteiger partial charge in [0, 0.05) is 35.4 Å². The van der Waals surface area contributed by atoms with E-state index in [0.29, 0.717) is 0 Å². The molecule has 0 fully saturated rings. The van der Waals surface area contributed by atoms with E-state index in [1.807, 2.05) is 47.0 Å². The molecule has 0 saturated carbocycles. The van der Waals surface area contributed by atoms with Gasteiger partial charge in [-0.1, -0.05) is 69.1 Å². The van der Waals surface area contributed by atoms with Crippen molar-refractivity contribution >= 4 is 147 Å². The molecule has 0 saturated heterocycles. The molecule has 0 spiro atoms. The summed E-state index contributed by atoms with van der Waals surface area (Å²) in [6, 6.07) is 38.2. The minimum Gasteiger partial charge on any atom is -0.643 e. The Labute approximate surface area is 364 Å². The van der Waals surface area contributed by atoms with Crippen LogP contribution in [0, 0.1) is 0 Å². The third-order valence-corrected chi connectivity index (χ3v) is 19.4. The van der Waals surface area contributed by atoms with Crippen molar-refractivity contribution in [2.45, 2.75) is 0 Å². The van der Waals surface area contributed by atoms with Crippen LogP contribution in [0.2, 0.25) is 0 Å². The van der Waals surface area contributed by atoms with Crippen LogP contribution in [0.15, 0.2) is 126 Å². The third-order valence-electron chi connectivity index (χ3n) is 8.96. The summed E-state index contributed by atoms with van der Waals surface area (Å²) in [5.41, 5.74) is 11.3. The number of aromatic nitrogens is 4. The van der Waals surface area contributed by atoms with Gasteiger partial charge in [-0.2, -0.15) is 0 Å². The fourth-order valence-corrected chi connectivity index (χ4v) is 16.8. The minimum atomic E-state index is 0. The number of thioether (sulfide) groups is 8. The standard InChI is InChI=1S/C42H30N4S8.Cu/c1-47-39-40(48-2)52-37(51-39)35-29-19-15-25(43-29)33(23-11-7-5-8-12-23)27-17-21-31(45-27)36(38-53-41(49-3)42(50-4)54-38)32-22-18-28(46-32)34(24-13-9-6-10-14-24)26-16-20-30(35)44-26;/h5-22H,1-4H3;/q-2;+2. The SMILES string of the molecule is CSC1=C(SC)SC(=c2c3ccc([n-]3)[c+](-c3ccccc3)c3ccc([n-]3)c(=C3SC(SC)=C(SC)S3)c3ccc([n-]3)[c+](-c3ccccc3)c3ccc2[n-]3)S1.[Cu+2]. The van der Waals surface area contributed by atoms with Gasteiger partial charge in [0.15, 0.2) is 0 Å². The summed E-state index contributed by atoms with van der Waals surface area (Å²) in [6.45, 7) is 0. The Balaban J connectivity index is 0.00000427. The Bertz CT molecular complexity index is 2540. The van der Waals surface area contributed by atoms with E-state index in [1.165, 1.54) is 25.4 Å². The van der Waals surface area contributed by atoms with Crippen molar-refractivity contribution in [2.24, 2.45) is 0 Å². The van der Waals surface area contributed by atoms with E-state index in [2.05, 4.69) is 134 Å². The van der Waals surface area contributed by atoms with Crippen LogP contribution in [0.1, 0.15) is 0 Å². The molecule has 0 amide bonds. The summed E-state index contributed by atoms with van der Waals surface area (Å²) in [6.07, 6.45) is 8.61. The first kappa shape index (κ1) is 39.4. The van der Waals surface area contributed by atoms with E-state index in [9.17, 15) is 0 Å². The normalized spacial score (nSPS) is 14.5. The fraction of sp³-hybridized carbons (Fsp3) is 0.0952. The number of hydrogen-bond donors (Lipinski definition) is 0. The first-order valence-corrected chi connectivity index (χ1v) is 25.0. The van der Waals surface area contributed by atoms with Crippen molar-refractivity contribution < 1.29 is 17.1 Å². The quantitative estimate of drug-likeness (QED) is 0.118. The van der Waals surface area contributed by atoms with Crippen LogP contribution in [0.3, 0.4) is 0 Å². The van der Waals surface area contributed by atoms with E-state index >= 15 is 0 Å². The summed E-state index contributed by atoms with van der Waals surface area (Å²) in [4.78, 5) is 21.7. The molecule has 2 aliphatic rings. The van der Waals surface area contributed by atoms with Gasteiger partial charge in [-0.3, -0.25) is 0 Å². The molecule has 0 unspecified atom stereocenters. The smallest absolute Gasteiger partial charge is 0.643 e. The molecule has 7 aromatic rings. The first-order chi connectivity index (χ1) is 26.6. The molecule has 9 rings (SSSR count). The van der Waals surface area contributed by atoms with Crippen LogP contribution in [0.5, 0.6) is 0 Å². The number of benzene rings is 2. The second-order valence-corrected chi connectivity index (χ2v) is 20.9. The summed E-state index contributed by atoms with van der Waals surface area (Å²) >= 11 is 14.5. The molecule has 7 heterocycles. The topological polar surface area (TPSA) is 56.4 Å². The van der Waals surface area contributed by atoms with Gasteiger partial charge < -0.3 is 19.9 Å². The van der Waals surface area contributed by atoms with Gasteiger partial charge in [0.2, 0.25) is 0 Å². The van der Waals surface area contributed by atoms with Gasteiger partial charge in [-0.15, -0.1) is 69.1 Å². The van der Waals surface area contributed by atoms with Crippen molar-refractivity contribution in [3.8, 4) is 22.3 Å². The molecule has 0 aliphatic carbocycles. The second-order valence-electron chi connectivity index (χ2n) is 12.0. The Hall–Kier alpha value is -2.42. The Morgan fingerprint density at radius 1 is 0.382 bits per heavy atom. The molecule has 1 radical (unpaired) electrons. The first-order valence-electron chi connectivity index (χ1n) is 16.8. The Kier molecular flexibility index (Phi) is 12.3. The molecule has 0 N–H and O–H groups in total. The van der Waals surface area contributed by atoms with Gasteiger partial charge in [0.05, 0.1) is 36.5 Å². The zero-order chi connectivity index (χ0) is 36.8. The molecule has 2 aliphatic heterocycles. The molecule has 0 atom stereocenters. The van der Waals surface area contributed by atoms with Crippen LogP contribution in [0.4, 0.5) is 0 Å². The third kappa shape index (κ3) is 7.55. The average Bonchev–Trinajstić information content (AvgIpc) is 4.07. The monoisotopic (exact) mass is 909 g/mol.